The summed E-state index contributed by atoms with van der Waals surface area (Å²) >= 11 is 5.86. The number of benzene rings is 3. The minimum absolute atomic E-state index is 0.124. The summed E-state index contributed by atoms with van der Waals surface area (Å²) in [5.74, 6) is -0.259. The van der Waals surface area contributed by atoms with Crippen molar-refractivity contribution < 1.29 is 13.2 Å². The number of hydrogen-bond acceptors (Lipinski definition) is 3. The zero-order chi connectivity index (χ0) is 21.7. The third kappa shape index (κ3) is 4.83. The summed E-state index contributed by atoms with van der Waals surface area (Å²) in [6, 6.07) is 22.1. The first-order valence-electron chi connectivity index (χ1n) is 9.53. The number of hydrogen-bond donors (Lipinski definition) is 1. The first-order valence-corrected chi connectivity index (χ1v) is 11.3. The van der Waals surface area contributed by atoms with Crippen LogP contribution in [0.25, 0.3) is 0 Å². The fourth-order valence-corrected chi connectivity index (χ4v) is 4.41. The van der Waals surface area contributed by atoms with E-state index < -0.39 is 10.0 Å². The lowest BCUT2D eigenvalue weighted by molar-refractivity contribution is 0.0935. The molecule has 0 aliphatic carbocycles. The van der Waals surface area contributed by atoms with Crippen LogP contribution in [0.4, 0.5) is 5.69 Å². The van der Waals surface area contributed by atoms with Crippen LogP contribution in [0.15, 0.2) is 83.8 Å². The lowest BCUT2D eigenvalue weighted by Crippen LogP contribution is -2.29. The molecule has 3 aromatic carbocycles. The van der Waals surface area contributed by atoms with E-state index in [9.17, 15) is 13.2 Å². The van der Waals surface area contributed by atoms with Crippen molar-refractivity contribution >= 4 is 33.2 Å². The van der Waals surface area contributed by atoms with E-state index in [1.807, 2.05) is 37.3 Å². The molecule has 7 heteroatoms. The quantitative estimate of drug-likeness (QED) is 0.557. The average Bonchev–Trinajstić information content (AvgIpc) is 2.77. The van der Waals surface area contributed by atoms with E-state index in [-0.39, 0.29) is 16.8 Å². The average molecular weight is 443 g/mol. The van der Waals surface area contributed by atoms with Crippen LogP contribution in [0.3, 0.4) is 0 Å². The van der Waals surface area contributed by atoms with Gasteiger partial charge in [-0.3, -0.25) is 9.10 Å². The number of halogens is 1. The predicted molar refractivity (Wildman–Crippen MR) is 120 cm³/mol. The molecule has 0 radical (unpaired) electrons. The van der Waals surface area contributed by atoms with Crippen molar-refractivity contribution in [3.63, 3.8) is 0 Å². The van der Waals surface area contributed by atoms with Gasteiger partial charge in [-0.1, -0.05) is 54.9 Å². The second-order valence-corrected chi connectivity index (χ2v) is 9.23. The zero-order valence-corrected chi connectivity index (χ0v) is 18.3. The van der Waals surface area contributed by atoms with Crippen LogP contribution in [0.5, 0.6) is 0 Å². The first kappa shape index (κ1) is 21.9. The molecule has 0 aromatic heterocycles. The number of anilines is 1. The minimum atomic E-state index is -3.78. The van der Waals surface area contributed by atoms with E-state index in [2.05, 4.69) is 5.32 Å². The van der Waals surface area contributed by atoms with Gasteiger partial charge in [0.1, 0.15) is 0 Å². The Bertz CT molecular complexity index is 1120. The van der Waals surface area contributed by atoms with Crippen LogP contribution in [-0.4, -0.2) is 21.4 Å². The molecule has 0 aliphatic heterocycles. The SMILES string of the molecule is CCC(NC(=O)c1cccc(N(C)S(=O)(=O)c2ccc(Cl)cc2)c1)c1ccccc1. The van der Waals surface area contributed by atoms with E-state index >= 15 is 0 Å². The molecule has 3 rings (SSSR count). The fraction of sp³-hybridized carbons (Fsp3) is 0.174. The monoisotopic (exact) mass is 442 g/mol. The van der Waals surface area contributed by atoms with Gasteiger partial charge >= 0.3 is 0 Å². The van der Waals surface area contributed by atoms with E-state index in [1.54, 1.807) is 24.3 Å². The Kier molecular flexibility index (Phi) is 6.80. The molecule has 30 heavy (non-hydrogen) atoms. The molecule has 0 heterocycles. The normalized spacial score (nSPS) is 12.2. The van der Waals surface area contributed by atoms with Gasteiger partial charge in [-0.15, -0.1) is 0 Å². The Labute approximate surface area is 182 Å². The molecular formula is C23H23ClN2O3S. The van der Waals surface area contributed by atoms with Gasteiger partial charge in [-0.25, -0.2) is 8.42 Å². The maximum absolute atomic E-state index is 12.9. The second kappa shape index (κ2) is 9.32. The van der Waals surface area contributed by atoms with E-state index in [1.165, 1.54) is 31.3 Å². The maximum atomic E-state index is 12.9. The van der Waals surface area contributed by atoms with Crippen molar-refractivity contribution in [1.82, 2.24) is 5.32 Å². The third-order valence-electron chi connectivity index (χ3n) is 4.86. The number of carbonyl (C=O) groups excluding carboxylic acids is 1. The Morgan fingerprint density at radius 3 is 2.30 bits per heavy atom. The Morgan fingerprint density at radius 2 is 1.67 bits per heavy atom. The number of nitrogens with one attached hydrogen (secondary N) is 1. The summed E-state index contributed by atoms with van der Waals surface area (Å²) in [5.41, 5.74) is 1.80. The van der Waals surface area contributed by atoms with Crippen molar-refractivity contribution in [2.75, 3.05) is 11.4 Å². The lowest BCUT2D eigenvalue weighted by Gasteiger charge is -2.21. The second-order valence-electron chi connectivity index (χ2n) is 6.82. The maximum Gasteiger partial charge on any atom is 0.264 e. The Morgan fingerprint density at radius 1 is 1.00 bits per heavy atom. The van der Waals surface area contributed by atoms with Crippen molar-refractivity contribution in [3.05, 3.63) is 95.0 Å². The molecular weight excluding hydrogens is 420 g/mol. The summed E-state index contributed by atoms with van der Waals surface area (Å²) in [5, 5.41) is 3.48. The smallest absolute Gasteiger partial charge is 0.264 e. The van der Waals surface area contributed by atoms with Gasteiger partial charge in [0.15, 0.2) is 0 Å². The zero-order valence-electron chi connectivity index (χ0n) is 16.7. The Balaban J connectivity index is 1.83. The van der Waals surface area contributed by atoms with Gasteiger partial charge in [0.25, 0.3) is 15.9 Å². The number of rotatable bonds is 7. The van der Waals surface area contributed by atoms with Gasteiger partial charge in [-0.05, 0) is 54.4 Å². The molecule has 0 aliphatic rings. The van der Waals surface area contributed by atoms with Crippen LogP contribution in [-0.2, 0) is 10.0 Å². The van der Waals surface area contributed by atoms with E-state index in [4.69, 9.17) is 11.6 Å². The molecule has 156 valence electrons. The molecule has 3 aromatic rings. The van der Waals surface area contributed by atoms with Gasteiger partial charge in [-0.2, -0.15) is 0 Å². The highest BCUT2D eigenvalue weighted by Crippen LogP contribution is 2.24. The molecule has 5 nitrogen and oxygen atoms in total. The number of sulfonamides is 1. The fourth-order valence-electron chi connectivity index (χ4n) is 3.09. The van der Waals surface area contributed by atoms with Gasteiger partial charge in [0.05, 0.1) is 16.6 Å². The van der Waals surface area contributed by atoms with Gasteiger partial charge in [0, 0.05) is 17.6 Å². The number of nitrogens with zero attached hydrogens (tertiary/aromatic N) is 1. The van der Waals surface area contributed by atoms with Gasteiger partial charge < -0.3 is 5.32 Å². The standard InChI is InChI=1S/C23H23ClN2O3S/c1-3-22(17-8-5-4-6-9-17)25-23(27)18-10-7-11-20(16-18)26(2)30(28,29)21-14-12-19(24)13-15-21/h4-16,22H,3H2,1-2H3,(H,25,27). The van der Waals surface area contributed by atoms with Crippen molar-refractivity contribution in [2.45, 2.75) is 24.3 Å². The molecule has 1 atom stereocenters. The first-order chi connectivity index (χ1) is 14.3. The molecule has 0 saturated heterocycles. The minimum Gasteiger partial charge on any atom is -0.345 e. The number of amides is 1. The molecule has 1 unspecified atom stereocenters. The largest absolute Gasteiger partial charge is 0.345 e. The summed E-state index contributed by atoms with van der Waals surface area (Å²) < 4.78 is 27.0. The van der Waals surface area contributed by atoms with Crippen LogP contribution < -0.4 is 9.62 Å². The van der Waals surface area contributed by atoms with Crippen molar-refractivity contribution in [1.29, 1.82) is 0 Å². The highest BCUT2D eigenvalue weighted by molar-refractivity contribution is 7.92. The third-order valence-corrected chi connectivity index (χ3v) is 6.91. The molecule has 0 bridgehead atoms. The molecule has 0 spiro atoms. The summed E-state index contributed by atoms with van der Waals surface area (Å²) in [7, 11) is -2.32. The Hall–Kier alpha value is -2.83. The van der Waals surface area contributed by atoms with Crippen molar-refractivity contribution in [3.8, 4) is 0 Å². The van der Waals surface area contributed by atoms with E-state index in [0.717, 1.165) is 16.3 Å². The molecule has 0 fully saturated rings. The predicted octanol–water partition coefficient (Wildman–Crippen LogP) is 5.05. The highest BCUT2D eigenvalue weighted by Gasteiger charge is 2.22. The summed E-state index contributed by atoms with van der Waals surface area (Å²) in [4.78, 5) is 12.9. The summed E-state index contributed by atoms with van der Waals surface area (Å²) in [6.45, 7) is 2.00. The van der Waals surface area contributed by atoms with Crippen LogP contribution in [0, 0.1) is 0 Å². The molecule has 1 amide bonds. The lowest BCUT2D eigenvalue weighted by atomic mass is 10.0. The van der Waals surface area contributed by atoms with Crippen LogP contribution in [0.2, 0.25) is 5.02 Å². The molecule has 0 saturated carbocycles. The van der Waals surface area contributed by atoms with Crippen LogP contribution in [0.1, 0.15) is 35.3 Å². The summed E-state index contributed by atoms with van der Waals surface area (Å²) in [6.07, 6.45) is 0.736. The number of carbonyl (C=O) groups is 1. The van der Waals surface area contributed by atoms with Crippen LogP contribution >= 0.6 is 11.6 Å². The highest BCUT2D eigenvalue weighted by atomic mass is 35.5. The van der Waals surface area contributed by atoms with E-state index in [0.29, 0.717) is 16.3 Å². The van der Waals surface area contributed by atoms with Gasteiger partial charge in [0.2, 0.25) is 0 Å². The molecule has 1 N–H and O–H groups in total. The van der Waals surface area contributed by atoms with Crippen molar-refractivity contribution in [2.24, 2.45) is 0 Å². The topological polar surface area (TPSA) is 66.5 Å².